The fraction of sp³-hybridized carbons (Fsp3) is 0.529. The third kappa shape index (κ3) is 7.95. The van der Waals surface area contributed by atoms with Crippen LogP contribution in [0.2, 0.25) is 0 Å². The van der Waals surface area contributed by atoms with Gasteiger partial charge in [0.1, 0.15) is 6.04 Å². The summed E-state index contributed by atoms with van der Waals surface area (Å²) in [5.41, 5.74) is 9.04. The molecule has 0 bridgehead atoms. The van der Waals surface area contributed by atoms with E-state index in [1.807, 2.05) is 70.2 Å². The number of rotatable bonds is 14. The molecule has 3 atom stereocenters. The molecule has 4 amide bonds. The predicted octanol–water partition coefficient (Wildman–Crippen LogP) is 2.75. The molecule has 4 rings (SSSR count). The largest absolute Gasteiger partial charge is 0.368 e. The molecule has 2 unspecified atom stereocenters. The van der Waals surface area contributed by atoms with E-state index in [9.17, 15) is 27.6 Å². The first-order chi connectivity index (χ1) is 21.6. The number of amides is 4. The normalized spacial score (nSPS) is 19.7. The van der Waals surface area contributed by atoms with Gasteiger partial charge in [0.25, 0.3) is 0 Å². The van der Waals surface area contributed by atoms with Crippen LogP contribution in [0.25, 0.3) is 0 Å². The third-order valence-electron chi connectivity index (χ3n) is 8.76. The monoisotopic (exact) mass is 653 g/mol. The van der Waals surface area contributed by atoms with Gasteiger partial charge in [0, 0.05) is 32.4 Å². The zero-order chi connectivity index (χ0) is 33.9. The van der Waals surface area contributed by atoms with Gasteiger partial charge >= 0.3 is 0 Å². The molecule has 4 N–H and O–H groups in total. The number of nitrogens with one attached hydrogen (secondary N) is 2. The number of nitrogens with two attached hydrogens (primary N) is 1. The van der Waals surface area contributed by atoms with Gasteiger partial charge in [-0.3, -0.25) is 19.2 Å². The summed E-state index contributed by atoms with van der Waals surface area (Å²) < 4.78 is 29.7. The molecule has 0 aromatic heterocycles. The molecule has 0 aliphatic carbocycles. The predicted molar refractivity (Wildman–Crippen MR) is 175 cm³/mol. The number of sulfonamides is 1. The van der Waals surface area contributed by atoms with Crippen LogP contribution in [0.1, 0.15) is 94.4 Å². The van der Waals surface area contributed by atoms with E-state index in [0.717, 1.165) is 22.3 Å². The molecule has 2 aliphatic rings. The minimum Gasteiger partial charge on any atom is -0.368 e. The van der Waals surface area contributed by atoms with E-state index in [1.165, 1.54) is 0 Å². The maximum absolute atomic E-state index is 14.1. The number of hydrogen-bond acceptors (Lipinski definition) is 6. The summed E-state index contributed by atoms with van der Waals surface area (Å²) in [5, 5.41) is 5.01. The van der Waals surface area contributed by atoms with Crippen LogP contribution in [0.15, 0.2) is 47.4 Å². The van der Waals surface area contributed by atoms with Crippen molar-refractivity contribution in [1.82, 2.24) is 19.8 Å². The number of carbonyl (C=O) groups excluding carboxylic acids is 4. The molecule has 46 heavy (non-hydrogen) atoms. The lowest BCUT2D eigenvalue weighted by Crippen LogP contribution is -2.49. The highest BCUT2D eigenvalue weighted by atomic mass is 32.2. The van der Waals surface area contributed by atoms with Crippen LogP contribution in [0, 0.1) is 0 Å². The summed E-state index contributed by atoms with van der Waals surface area (Å²) in [5.74, 6) is -1.67. The summed E-state index contributed by atoms with van der Waals surface area (Å²) >= 11 is 0. The quantitative estimate of drug-likeness (QED) is 0.266. The van der Waals surface area contributed by atoms with E-state index in [2.05, 4.69) is 24.5 Å². The average Bonchev–Trinajstić information content (AvgIpc) is 3.53. The first-order valence-electron chi connectivity index (χ1n) is 16.0. The highest BCUT2D eigenvalue weighted by molar-refractivity contribution is 7.89. The second-order valence-electron chi connectivity index (χ2n) is 13.2. The van der Waals surface area contributed by atoms with Gasteiger partial charge in [-0.15, -0.1) is 0 Å². The third-order valence-corrected chi connectivity index (χ3v) is 10.8. The molecule has 0 radical (unpaired) electrons. The minimum absolute atomic E-state index is 0.0231. The van der Waals surface area contributed by atoms with Gasteiger partial charge in [0.15, 0.2) is 0 Å². The van der Waals surface area contributed by atoms with Crippen molar-refractivity contribution in [2.24, 2.45) is 5.73 Å². The Morgan fingerprint density at radius 1 is 0.848 bits per heavy atom. The van der Waals surface area contributed by atoms with Crippen molar-refractivity contribution in [1.29, 1.82) is 0 Å². The second-order valence-corrected chi connectivity index (χ2v) is 15.0. The molecular formula is C34H47N5O6S. The van der Waals surface area contributed by atoms with Crippen LogP contribution in [-0.4, -0.2) is 79.0 Å². The first-order valence-corrected chi connectivity index (χ1v) is 17.4. The average molecular weight is 654 g/mol. The number of fused-ring (bicyclic) bond motifs is 1. The SMILES string of the molecule is CC(C)c1cc(C(C)C)c(S(=O)(=O)N2C3CN(C(=O)CCC(=O)NCC(=O)N[C@H](Cc4ccccc4)C(N)=O)CC32)c(C(C)C)c1. The maximum Gasteiger partial charge on any atom is 0.244 e. The fourth-order valence-electron chi connectivity index (χ4n) is 6.06. The van der Waals surface area contributed by atoms with Crippen molar-refractivity contribution in [3.63, 3.8) is 0 Å². The Morgan fingerprint density at radius 3 is 1.91 bits per heavy atom. The van der Waals surface area contributed by atoms with Gasteiger partial charge in [0.2, 0.25) is 33.7 Å². The number of primary amides is 1. The standard InChI is InChI=1S/C34H47N5O6S/c1-20(2)24-15-25(21(3)4)33(26(16-24)22(5)6)46(44,45)39-28-18-38(19-29(28)39)32(42)13-12-30(40)36-17-31(41)37-27(34(35)43)14-23-10-8-7-9-11-23/h7-11,15-16,20-22,27-29H,12-14,17-19H2,1-6H3,(H2,35,43)(H,36,40)(H,37,41)/t27-,28?,29?,39?/m1/s1. The van der Waals surface area contributed by atoms with Crippen molar-refractivity contribution < 1.29 is 27.6 Å². The Kier molecular flexibility index (Phi) is 10.9. The smallest absolute Gasteiger partial charge is 0.244 e. The molecule has 2 heterocycles. The summed E-state index contributed by atoms with van der Waals surface area (Å²) in [4.78, 5) is 51.5. The molecule has 2 aromatic rings. The second kappa shape index (κ2) is 14.3. The number of carbonyl (C=O) groups is 4. The maximum atomic E-state index is 14.1. The molecule has 2 fully saturated rings. The lowest BCUT2D eigenvalue weighted by atomic mass is 9.89. The summed E-state index contributed by atoms with van der Waals surface area (Å²) in [6, 6.07) is 11.7. The number of piperazine rings is 1. The van der Waals surface area contributed by atoms with E-state index in [4.69, 9.17) is 5.73 Å². The number of likely N-dealkylation sites (tertiary alicyclic amines) is 1. The van der Waals surface area contributed by atoms with Gasteiger partial charge in [-0.25, -0.2) is 8.42 Å². The van der Waals surface area contributed by atoms with Crippen LogP contribution in [-0.2, 0) is 35.6 Å². The number of nitrogens with zero attached hydrogens (tertiary/aromatic N) is 2. The van der Waals surface area contributed by atoms with E-state index < -0.39 is 33.8 Å². The van der Waals surface area contributed by atoms with E-state index in [-0.39, 0.29) is 74.6 Å². The van der Waals surface area contributed by atoms with Crippen molar-refractivity contribution in [2.75, 3.05) is 19.6 Å². The van der Waals surface area contributed by atoms with Crippen molar-refractivity contribution >= 4 is 33.7 Å². The topological polar surface area (TPSA) is 159 Å². The van der Waals surface area contributed by atoms with Crippen molar-refractivity contribution in [3.8, 4) is 0 Å². The molecule has 2 aromatic carbocycles. The molecule has 0 saturated carbocycles. The molecular weight excluding hydrogens is 606 g/mol. The van der Waals surface area contributed by atoms with Gasteiger partial charge < -0.3 is 21.3 Å². The fourth-order valence-corrected chi connectivity index (χ4v) is 8.53. The highest BCUT2D eigenvalue weighted by Crippen LogP contribution is 2.45. The summed E-state index contributed by atoms with van der Waals surface area (Å²) in [7, 11) is -3.78. The van der Waals surface area contributed by atoms with Crippen LogP contribution in [0.5, 0.6) is 0 Å². The van der Waals surface area contributed by atoms with Crippen molar-refractivity contribution in [3.05, 3.63) is 64.7 Å². The van der Waals surface area contributed by atoms with Crippen LogP contribution >= 0.6 is 0 Å². The van der Waals surface area contributed by atoms with Gasteiger partial charge in [0.05, 0.1) is 23.5 Å². The molecule has 11 nitrogen and oxygen atoms in total. The number of hydrogen-bond donors (Lipinski definition) is 3. The number of benzene rings is 2. The first kappa shape index (κ1) is 35.1. The van der Waals surface area contributed by atoms with Gasteiger partial charge in [-0.05, 0) is 40.0 Å². The summed E-state index contributed by atoms with van der Waals surface area (Å²) in [6.45, 7) is 12.5. The molecule has 12 heteroatoms. The van der Waals surface area contributed by atoms with Gasteiger partial charge in [-0.1, -0.05) is 84.0 Å². The summed E-state index contributed by atoms with van der Waals surface area (Å²) in [6.07, 6.45) is 0.0350. The van der Waals surface area contributed by atoms with E-state index in [0.29, 0.717) is 4.90 Å². The Morgan fingerprint density at radius 2 is 1.41 bits per heavy atom. The zero-order valence-electron chi connectivity index (χ0n) is 27.6. The Labute approximate surface area is 272 Å². The lowest BCUT2D eigenvalue weighted by Gasteiger charge is -2.25. The van der Waals surface area contributed by atoms with E-state index >= 15 is 0 Å². The minimum atomic E-state index is -3.78. The van der Waals surface area contributed by atoms with E-state index in [1.54, 1.807) is 9.21 Å². The van der Waals surface area contributed by atoms with Crippen molar-refractivity contribution in [2.45, 2.75) is 102 Å². The van der Waals surface area contributed by atoms with Crippen LogP contribution in [0.4, 0.5) is 0 Å². The molecule has 2 saturated heterocycles. The zero-order valence-corrected chi connectivity index (χ0v) is 28.4. The van der Waals surface area contributed by atoms with Gasteiger partial charge in [-0.2, -0.15) is 4.31 Å². The highest BCUT2D eigenvalue weighted by Gasteiger charge is 2.61. The lowest BCUT2D eigenvalue weighted by molar-refractivity contribution is -0.133. The van der Waals surface area contributed by atoms with Crippen LogP contribution in [0.3, 0.4) is 0 Å². The Balaban J connectivity index is 1.28. The molecule has 250 valence electrons. The Bertz CT molecular complexity index is 1530. The Hall–Kier alpha value is -3.77. The van der Waals surface area contributed by atoms with Crippen LogP contribution < -0.4 is 16.4 Å². The molecule has 2 aliphatic heterocycles. The molecule has 0 spiro atoms.